The number of morpholine rings is 1. The molecule has 0 bridgehead atoms. The van der Waals surface area contributed by atoms with Gasteiger partial charge in [0, 0.05) is 50.9 Å². The van der Waals surface area contributed by atoms with E-state index < -0.39 is 10.0 Å². The Bertz CT molecular complexity index is 1100. The highest BCUT2D eigenvalue weighted by atomic mass is 32.2. The van der Waals surface area contributed by atoms with Gasteiger partial charge in [-0.3, -0.25) is 9.48 Å². The van der Waals surface area contributed by atoms with Crippen LogP contribution in [-0.2, 0) is 34.8 Å². The molecule has 0 spiro atoms. The zero-order valence-electron chi connectivity index (χ0n) is 16.0. The summed E-state index contributed by atoms with van der Waals surface area (Å²) in [5, 5.41) is 13.5. The monoisotopic (exact) mass is 415 g/mol. The molecular formula is C19H21N5O4S. The van der Waals surface area contributed by atoms with E-state index in [4.69, 9.17) is 10.00 Å². The Morgan fingerprint density at radius 2 is 2.00 bits per heavy atom. The van der Waals surface area contributed by atoms with E-state index in [1.54, 1.807) is 28.8 Å². The van der Waals surface area contributed by atoms with Crippen molar-refractivity contribution in [2.24, 2.45) is 7.05 Å². The molecule has 152 valence electrons. The molecule has 3 heterocycles. The van der Waals surface area contributed by atoms with Gasteiger partial charge >= 0.3 is 0 Å². The van der Waals surface area contributed by atoms with Crippen LogP contribution in [0.5, 0.6) is 0 Å². The van der Waals surface area contributed by atoms with E-state index in [2.05, 4.69) is 5.10 Å². The zero-order valence-corrected chi connectivity index (χ0v) is 16.9. The van der Waals surface area contributed by atoms with Crippen LogP contribution in [0.1, 0.15) is 27.3 Å². The summed E-state index contributed by atoms with van der Waals surface area (Å²) in [5.41, 5.74) is 2.11. The fourth-order valence-corrected chi connectivity index (χ4v) is 5.19. The van der Waals surface area contributed by atoms with E-state index in [0.29, 0.717) is 44.0 Å². The molecular weight excluding hydrogens is 394 g/mol. The summed E-state index contributed by atoms with van der Waals surface area (Å²) in [6.45, 7) is 2.32. The molecule has 0 unspecified atom stereocenters. The number of benzene rings is 1. The van der Waals surface area contributed by atoms with Crippen LogP contribution in [0.3, 0.4) is 0 Å². The molecule has 9 nitrogen and oxygen atoms in total. The molecule has 1 saturated heterocycles. The largest absolute Gasteiger partial charge is 0.378 e. The number of nitriles is 1. The van der Waals surface area contributed by atoms with Crippen molar-refractivity contribution < 1.29 is 17.9 Å². The molecule has 1 amide bonds. The number of fused-ring (bicyclic) bond motifs is 1. The Balaban J connectivity index is 1.65. The van der Waals surface area contributed by atoms with Gasteiger partial charge in [0.1, 0.15) is 0 Å². The van der Waals surface area contributed by atoms with Crippen LogP contribution in [0.4, 0.5) is 0 Å². The summed E-state index contributed by atoms with van der Waals surface area (Å²) in [5.74, 6) is -0.198. The summed E-state index contributed by atoms with van der Waals surface area (Å²) >= 11 is 0. The van der Waals surface area contributed by atoms with Crippen molar-refractivity contribution in [1.82, 2.24) is 19.0 Å². The van der Waals surface area contributed by atoms with E-state index in [9.17, 15) is 13.2 Å². The SMILES string of the molecule is Cn1nc(C(=O)N2CCOCC2)c2c1CCN(S(=O)(=O)c1cccc(C#N)c1)C2. The maximum atomic E-state index is 13.1. The lowest BCUT2D eigenvalue weighted by molar-refractivity contribution is 0.0297. The summed E-state index contributed by atoms with van der Waals surface area (Å²) in [6, 6.07) is 7.93. The molecule has 0 saturated carbocycles. The van der Waals surface area contributed by atoms with Crippen LogP contribution in [0.25, 0.3) is 0 Å². The Labute approximate surface area is 169 Å². The van der Waals surface area contributed by atoms with Crippen LogP contribution in [-0.4, -0.2) is 66.2 Å². The molecule has 1 aromatic carbocycles. The van der Waals surface area contributed by atoms with Crippen LogP contribution < -0.4 is 0 Å². The summed E-state index contributed by atoms with van der Waals surface area (Å²) in [6.07, 6.45) is 0.465. The molecule has 0 aliphatic carbocycles. The number of carbonyl (C=O) groups excluding carboxylic acids is 1. The number of rotatable bonds is 3. The third-order valence-corrected chi connectivity index (χ3v) is 7.15. The van der Waals surface area contributed by atoms with Gasteiger partial charge in [0.2, 0.25) is 10.0 Å². The molecule has 1 fully saturated rings. The summed E-state index contributed by atoms with van der Waals surface area (Å²) in [4.78, 5) is 14.7. The molecule has 2 aliphatic heterocycles. The van der Waals surface area contributed by atoms with Crippen LogP contribution in [0.15, 0.2) is 29.2 Å². The van der Waals surface area contributed by atoms with Gasteiger partial charge in [0.05, 0.1) is 29.7 Å². The Morgan fingerprint density at radius 1 is 1.24 bits per heavy atom. The lowest BCUT2D eigenvalue weighted by atomic mass is 10.1. The van der Waals surface area contributed by atoms with Gasteiger partial charge in [0.25, 0.3) is 5.91 Å². The van der Waals surface area contributed by atoms with Gasteiger partial charge in [-0.2, -0.15) is 14.7 Å². The summed E-state index contributed by atoms with van der Waals surface area (Å²) < 4.78 is 34.6. The number of aryl methyl sites for hydroxylation is 1. The van der Waals surface area contributed by atoms with E-state index >= 15 is 0 Å². The lowest BCUT2D eigenvalue weighted by Gasteiger charge is -2.29. The first kappa shape index (κ1) is 19.6. The number of hydrogen-bond acceptors (Lipinski definition) is 6. The number of aromatic nitrogens is 2. The van der Waals surface area contributed by atoms with Crippen molar-refractivity contribution in [1.29, 1.82) is 5.26 Å². The van der Waals surface area contributed by atoms with Gasteiger partial charge < -0.3 is 9.64 Å². The molecule has 0 atom stereocenters. The highest BCUT2D eigenvalue weighted by Crippen LogP contribution is 2.28. The van der Waals surface area contributed by atoms with E-state index in [1.165, 1.54) is 16.4 Å². The standard InChI is InChI=1S/C19H21N5O4S/c1-22-17-5-6-24(29(26,27)15-4-2-3-14(11-15)12-20)13-16(17)18(21-22)19(25)23-7-9-28-10-8-23/h2-4,11H,5-10,13H2,1H3. The van der Waals surface area contributed by atoms with Crippen LogP contribution in [0, 0.1) is 11.3 Å². The predicted octanol–water partition coefficient (Wildman–Crippen LogP) is 0.511. The smallest absolute Gasteiger partial charge is 0.274 e. The maximum absolute atomic E-state index is 13.1. The Morgan fingerprint density at radius 3 is 2.72 bits per heavy atom. The number of amides is 1. The molecule has 0 radical (unpaired) electrons. The number of hydrogen-bond donors (Lipinski definition) is 0. The molecule has 1 aromatic heterocycles. The van der Waals surface area contributed by atoms with Crippen LogP contribution in [0.2, 0.25) is 0 Å². The first-order valence-corrected chi connectivity index (χ1v) is 10.8. The first-order valence-electron chi connectivity index (χ1n) is 9.34. The average Bonchev–Trinajstić information content (AvgIpc) is 3.09. The number of nitrogens with zero attached hydrogens (tertiary/aromatic N) is 5. The zero-order chi connectivity index (χ0) is 20.6. The molecule has 4 rings (SSSR count). The van der Waals surface area contributed by atoms with E-state index in [0.717, 1.165) is 5.69 Å². The van der Waals surface area contributed by atoms with Crippen molar-refractivity contribution >= 4 is 15.9 Å². The van der Waals surface area contributed by atoms with Gasteiger partial charge in [0.15, 0.2) is 5.69 Å². The predicted molar refractivity (Wildman–Crippen MR) is 102 cm³/mol. The summed E-state index contributed by atoms with van der Waals surface area (Å²) in [7, 11) is -2.02. The van der Waals surface area contributed by atoms with Gasteiger partial charge in [-0.1, -0.05) is 6.07 Å². The second-order valence-electron chi connectivity index (χ2n) is 7.03. The third-order valence-electron chi connectivity index (χ3n) is 5.31. The quantitative estimate of drug-likeness (QED) is 0.723. The number of ether oxygens (including phenoxy) is 1. The normalized spacial score (nSPS) is 17.6. The fourth-order valence-electron chi connectivity index (χ4n) is 3.74. The van der Waals surface area contributed by atoms with Crippen molar-refractivity contribution in [2.45, 2.75) is 17.9 Å². The minimum absolute atomic E-state index is 0.0740. The molecule has 0 N–H and O–H groups in total. The first-order chi connectivity index (χ1) is 13.9. The number of sulfonamides is 1. The molecule has 29 heavy (non-hydrogen) atoms. The third kappa shape index (κ3) is 3.53. The highest BCUT2D eigenvalue weighted by molar-refractivity contribution is 7.89. The van der Waals surface area contributed by atoms with Crippen molar-refractivity contribution in [2.75, 3.05) is 32.8 Å². The van der Waals surface area contributed by atoms with E-state index in [1.807, 2.05) is 6.07 Å². The van der Waals surface area contributed by atoms with Gasteiger partial charge in [-0.25, -0.2) is 8.42 Å². The van der Waals surface area contributed by atoms with Gasteiger partial charge in [-0.15, -0.1) is 0 Å². The second kappa shape index (κ2) is 7.59. The highest BCUT2D eigenvalue weighted by Gasteiger charge is 2.35. The van der Waals surface area contributed by atoms with Crippen molar-refractivity contribution in [3.05, 3.63) is 46.8 Å². The maximum Gasteiger partial charge on any atom is 0.274 e. The Kier molecular flexibility index (Phi) is 5.12. The molecule has 2 aromatic rings. The Hall–Kier alpha value is -2.74. The van der Waals surface area contributed by atoms with Crippen molar-refractivity contribution in [3.8, 4) is 6.07 Å². The number of carbonyl (C=O) groups is 1. The molecule has 2 aliphatic rings. The van der Waals surface area contributed by atoms with Crippen LogP contribution >= 0.6 is 0 Å². The lowest BCUT2D eigenvalue weighted by Crippen LogP contribution is -2.42. The minimum Gasteiger partial charge on any atom is -0.378 e. The minimum atomic E-state index is -3.80. The average molecular weight is 415 g/mol. The second-order valence-corrected chi connectivity index (χ2v) is 8.97. The van der Waals surface area contributed by atoms with E-state index in [-0.39, 0.29) is 29.5 Å². The molecule has 10 heteroatoms. The topological polar surface area (TPSA) is 109 Å². The van der Waals surface area contributed by atoms with Crippen molar-refractivity contribution in [3.63, 3.8) is 0 Å². The van der Waals surface area contributed by atoms with Gasteiger partial charge in [-0.05, 0) is 18.2 Å². The fraction of sp³-hybridized carbons (Fsp3) is 0.421.